The molecule has 0 amide bonds. The Morgan fingerprint density at radius 2 is 0.302 bits per heavy atom. The van der Waals surface area contributed by atoms with E-state index in [0.717, 1.165) is 168 Å². The summed E-state index contributed by atoms with van der Waals surface area (Å²) in [6.45, 7) is 72.0. The van der Waals surface area contributed by atoms with Gasteiger partial charge in [-0.05, 0) is 258 Å². The fourth-order valence-electron chi connectivity index (χ4n) is 21.0. The van der Waals surface area contributed by atoms with Crippen molar-refractivity contribution in [2.75, 3.05) is 0 Å². The summed E-state index contributed by atoms with van der Waals surface area (Å²) >= 11 is 0. The van der Waals surface area contributed by atoms with Crippen molar-refractivity contribution in [1.82, 2.24) is 39.9 Å². The zero-order chi connectivity index (χ0) is 90.2. The lowest BCUT2D eigenvalue weighted by Gasteiger charge is -2.22. The minimum Gasteiger partial charge on any atom is -0.354 e. The average molecular weight is 1750 g/mol. The molecular formula is C112H126N8Si6. The van der Waals surface area contributed by atoms with Crippen LogP contribution in [0.1, 0.15) is 112 Å². The second-order valence-electron chi connectivity index (χ2n) is 42.9. The average Bonchev–Trinajstić information content (AvgIpc) is 1.58. The molecule has 0 atom stereocenters. The van der Waals surface area contributed by atoms with Crippen molar-refractivity contribution in [2.45, 2.75) is 201 Å². The third-order valence-corrected chi connectivity index (χ3v) is 39.8. The smallest absolute Gasteiger partial charge is 0.0779 e. The first-order chi connectivity index (χ1) is 59.2. The monoisotopic (exact) mass is 1750 g/mol. The summed E-state index contributed by atoms with van der Waals surface area (Å²) < 4.78 is 0. The Bertz CT molecular complexity index is 6770. The molecule has 8 nitrogen and oxygen atoms in total. The first-order valence-electron chi connectivity index (χ1n) is 45.3. The van der Waals surface area contributed by atoms with Gasteiger partial charge < -0.3 is 19.9 Å². The lowest BCUT2D eigenvalue weighted by Crippen LogP contribution is -2.39. The number of aryl methyl sites for hydroxylation is 12. The molecule has 0 aliphatic carbocycles. The zero-order valence-corrected chi connectivity index (χ0v) is 86.3. The molecule has 6 aromatic heterocycles. The summed E-state index contributed by atoms with van der Waals surface area (Å²) in [5.74, 6) is 0. The highest BCUT2D eigenvalue weighted by Crippen LogP contribution is 2.47. The number of H-pyrrole nitrogens is 4. The van der Waals surface area contributed by atoms with Gasteiger partial charge in [-0.1, -0.05) is 279 Å². The van der Waals surface area contributed by atoms with E-state index in [1.165, 1.54) is 109 Å². The Morgan fingerprint density at radius 3 is 0.437 bits per heavy atom. The molecular weight excluding hydrogens is 1630 g/mol. The maximum Gasteiger partial charge on any atom is 0.0779 e. The van der Waals surface area contributed by atoms with Crippen LogP contribution in [0.15, 0.2) is 146 Å². The Morgan fingerprint density at radius 1 is 0.167 bits per heavy atom. The fourth-order valence-corrected chi connectivity index (χ4v) is 32.4. The number of rotatable bonds is 14. The Kier molecular flexibility index (Phi) is 21.8. The van der Waals surface area contributed by atoms with E-state index in [1.807, 2.05) is 0 Å². The van der Waals surface area contributed by atoms with Gasteiger partial charge in [0, 0.05) is 88.6 Å². The molecule has 10 heterocycles. The van der Waals surface area contributed by atoms with Crippen LogP contribution in [-0.4, -0.2) is 88.3 Å². The number of fused-ring (bicyclic) bond motifs is 16. The predicted molar refractivity (Wildman–Crippen MR) is 569 cm³/mol. The minimum atomic E-state index is -1.79. The largest absolute Gasteiger partial charge is 0.354 e. The van der Waals surface area contributed by atoms with Gasteiger partial charge in [-0.2, -0.15) is 0 Å². The van der Waals surface area contributed by atoms with Crippen LogP contribution in [0, 0.1) is 83.1 Å². The number of hydrogen-bond acceptors (Lipinski definition) is 4. The van der Waals surface area contributed by atoms with E-state index in [4.69, 9.17) is 19.9 Å². The molecule has 0 fully saturated rings. The third-order valence-electron chi connectivity index (χ3n) is 26.9. The number of aromatic amines is 4. The maximum atomic E-state index is 6.13. The minimum absolute atomic E-state index is 0.829. The second kappa shape index (κ2) is 31.5. The quantitative estimate of drug-likeness (QED) is 0.0812. The van der Waals surface area contributed by atoms with Crippen molar-refractivity contribution >= 4 is 172 Å². The number of hydrogen-bond donors (Lipinski definition) is 4. The van der Waals surface area contributed by atoms with Crippen LogP contribution < -0.4 is 31.1 Å². The topological polar surface area (TPSA) is 115 Å². The van der Waals surface area contributed by atoms with E-state index in [1.54, 1.807) is 0 Å². The van der Waals surface area contributed by atoms with Crippen LogP contribution in [0.25, 0.3) is 182 Å². The van der Waals surface area contributed by atoms with Crippen LogP contribution in [0.2, 0.25) is 118 Å². The molecule has 4 aliphatic heterocycles. The van der Waals surface area contributed by atoms with Gasteiger partial charge >= 0.3 is 0 Å². The summed E-state index contributed by atoms with van der Waals surface area (Å²) in [4.78, 5) is 41.2. The van der Waals surface area contributed by atoms with Gasteiger partial charge in [-0.3, -0.25) is 0 Å². The van der Waals surface area contributed by atoms with E-state index < -0.39 is 48.4 Å². The lowest BCUT2D eigenvalue weighted by molar-refractivity contribution is 1.29. The first-order valence-corrected chi connectivity index (χ1v) is 66.3. The van der Waals surface area contributed by atoms with Crippen LogP contribution in [0.3, 0.4) is 0 Å². The molecule has 638 valence electrons. The molecule has 4 aliphatic rings. The van der Waals surface area contributed by atoms with Gasteiger partial charge in [0.25, 0.3) is 0 Å². The van der Waals surface area contributed by atoms with E-state index >= 15 is 0 Å². The summed E-state index contributed by atoms with van der Waals surface area (Å²) in [7, 11) is -10.6. The molecule has 0 unspecified atom stereocenters. The Hall–Kier alpha value is -11.0. The van der Waals surface area contributed by atoms with E-state index in [0.29, 0.717) is 0 Å². The van der Waals surface area contributed by atoms with Crippen molar-refractivity contribution in [3.8, 4) is 89.0 Å². The highest BCUT2D eigenvalue weighted by molar-refractivity contribution is 6.91. The maximum absolute atomic E-state index is 6.13. The van der Waals surface area contributed by atoms with Crippen LogP contribution in [0.5, 0.6) is 0 Å². The summed E-state index contributed by atoms with van der Waals surface area (Å²) in [5, 5.41) is 8.81. The zero-order valence-electron chi connectivity index (χ0n) is 80.3. The molecule has 17 rings (SSSR count). The van der Waals surface area contributed by atoms with Crippen molar-refractivity contribution in [1.29, 1.82) is 0 Å². The van der Waals surface area contributed by atoms with Crippen molar-refractivity contribution in [2.24, 2.45) is 0 Å². The van der Waals surface area contributed by atoms with Gasteiger partial charge in [-0.15, -0.1) is 0 Å². The molecule has 0 radical (unpaired) electrons. The summed E-state index contributed by atoms with van der Waals surface area (Å²) in [6, 6.07) is 57.0. The number of nitrogens with zero attached hydrogens (tertiary/aromatic N) is 4. The molecule has 13 aromatic rings. The van der Waals surface area contributed by atoms with Crippen molar-refractivity contribution < 1.29 is 0 Å². The van der Waals surface area contributed by atoms with E-state index in [-0.39, 0.29) is 0 Å². The van der Waals surface area contributed by atoms with Gasteiger partial charge in [-0.25, -0.2) is 19.9 Å². The standard InChI is InChI=1S/C112H126N8Si6/c1-63-57-99(121(13,14)15)69(7)51-77(63)107-87-39-35-83(113-87)105(84-36-40-88(114-84)108(78-52-70(8)100(58-64(78)2)122(16,17)18)92-44-48-96(118-92)111(95-47-43-91(107)117-95)81-55-73(11)103(61-67(81)5)125(25,26)27)75-33-31-32-34-76(75)106-85-37-41-89(115-85)109(79-53-71(9)101(59-65(79)3)123(19,20)21)93-45-49-97(119-93)112(82-56-74(12)104(62-68(82)6)126(28,29)30)98-50-46-94(120-98)110(90-42-38-86(106)116-90)80-54-72(10)102(60-66(80)4)124(22,23)24/h31-62,113,115,118,120H,1-30H3. The normalized spacial score (nSPS) is 13.2. The van der Waals surface area contributed by atoms with Crippen LogP contribution in [0.4, 0.5) is 0 Å². The molecule has 14 heteroatoms. The van der Waals surface area contributed by atoms with Crippen molar-refractivity contribution in [3.05, 3.63) is 258 Å². The molecule has 126 heavy (non-hydrogen) atoms. The number of aromatic nitrogens is 8. The molecule has 0 spiro atoms. The van der Waals surface area contributed by atoms with E-state index in [2.05, 4.69) is 415 Å². The lowest BCUT2D eigenvalue weighted by atomic mass is 9.92. The van der Waals surface area contributed by atoms with E-state index in [9.17, 15) is 0 Å². The summed E-state index contributed by atoms with van der Waals surface area (Å²) in [6.07, 6.45) is 18.2. The summed E-state index contributed by atoms with van der Waals surface area (Å²) in [5.41, 5.74) is 47.0. The highest BCUT2D eigenvalue weighted by Gasteiger charge is 2.33. The molecule has 0 saturated carbocycles. The second-order valence-corrected chi connectivity index (χ2v) is 73.2. The van der Waals surface area contributed by atoms with Crippen LogP contribution >= 0.6 is 0 Å². The SMILES string of the molecule is Cc1cc([Si](C)(C)C)c(C)cc1-c1c2nc(c(-c3cc(C)c([Si](C)(C)C)cc3C)c3ccc([nH]3)c(-c3ccccc3-c3c4nc(c(-c5cc(C)c([Si](C)(C)C)cc5C)c5ccc([nH]5)c(-c5cc(C)c([Si](C)(C)C)cc5C)c5nc(c(-c6cc(C)c([Si](C)(C)C)cc6C)c6ccc3[nH]6)C=C5)C=C4)c3nc(c(-c4cc(C)c([Si](C)(C)C)cc4C)c4ccc1[nH]4)C=C3)C=C2. The van der Waals surface area contributed by atoms with Crippen LogP contribution in [-0.2, 0) is 0 Å². The fraction of sp³-hybridized carbons (Fsp3) is 0.268. The number of nitrogens with one attached hydrogen (secondary N) is 4. The Balaban J connectivity index is 1.04. The molecule has 16 bridgehead atoms. The first kappa shape index (κ1) is 87.1. The van der Waals surface area contributed by atoms with Gasteiger partial charge in [0.15, 0.2) is 0 Å². The van der Waals surface area contributed by atoms with Gasteiger partial charge in [0.2, 0.25) is 0 Å². The number of benzene rings is 7. The molecule has 0 saturated heterocycles. The predicted octanol–water partition coefficient (Wildman–Crippen LogP) is 27.9. The van der Waals surface area contributed by atoms with Gasteiger partial charge in [0.05, 0.1) is 94.0 Å². The molecule has 7 aromatic carbocycles. The Labute approximate surface area is 754 Å². The third kappa shape index (κ3) is 15.8. The highest BCUT2D eigenvalue weighted by atomic mass is 28.3. The molecule has 4 N–H and O–H groups in total. The van der Waals surface area contributed by atoms with Gasteiger partial charge in [0.1, 0.15) is 0 Å². The van der Waals surface area contributed by atoms with Crippen molar-refractivity contribution in [3.63, 3.8) is 0 Å².